The van der Waals surface area contributed by atoms with Crippen molar-refractivity contribution in [1.82, 2.24) is 5.32 Å². The van der Waals surface area contributed by atoms with Crippen LogP contribution in [0.25, 0.3) is 0 Å². The molecule has 0 atom stereocenters. The number of unbranched alkanes of at least 4 members (excludes halogenated alkanes) is 4. The van der Waals surface area contributed by atoms with E-state index in [0.29, 0.717) is 6.61 Å². The van der Waals surface area contributed by atoms with Crippen molar-refractivity contribution in [2.75, 3.05) is 13.2 Å². The first-order valence-electron chi connectivity index (χ1n) is 8.80. The van der Waals surface area contributed by atoms with Gasteiger partial charge in [0.25, 0.3) is 0 Å². The van der Waals surface area contributed by atoms with Crippen LogP contribution < -0.4 is 14.8 Å². The molecule has 3 heteroatoms. The Bertz CT molecular complexity index is 404. The van der Waals surface area contributed by atoms with Crippen molar-refractivity contribution in [2.24, 2.45) is 0 Å². The van der Waals surface area contributed by atoms with Crippen molar-refractivity contribution in [2.45, 2.75) is 72.4 Å². The van der Waals surface area contributed by atoms with Crippen LogP contribution in [0.4, 0.5) is 0 Å². The Balaban J connectivity index is 2.41. The predicted molar refractivity (Wildman–Crippen MR) is 93.8 cm³/mol. The standard InChI is InChI=1S/C19H33NO2/c1-5-7-8-9-10-13-20-15-17-11-12-18(22-16(3)4)19(14-17)21-6-2/h11-12,14,16,20H,5-10,13,15H2,1-4H3. The Hall–Kier alpha value is -1.22. The van der Waals surface area contributed by atoms with E-state index in [-0.39, 0.29) is 6.10 Å². The lowest BCUT2D eigenvalue weighted by Crippen LogP contribution is -2.15. The zero-order chi connectivity index (χ0) is 16.2. The number of rotatable bonds is 12. The molecule has 0 aliphatic carbocycles. The fourth-order valence-corrected chi connectivity index (χ4v) is 2.37. The maximum atomic E-state index is 5.79. The van der Waals surface area contributed by atoms with Crippen LogP contribution in [0.15, 0.2) is 18.2 Å². The minimum Gasteiger partial charge on any atom is -0.490 e. The largest absolute Gasteiger partial charge is 0.490 e. The highest BCUT2D eigenvalue weighted by atomic mass is 16.5. The van der Waals surface area contributed by atoms with Gasteiger partial charge in [-0.1, -0.05) is 38.7 Å². The Morgan fingerprint density at radius 1 is 1.00 bits per heavy atom. The predicted octanol–water partition coefficient (Wildman–Crippen LogP) is 4.93. The molecular formula is C19H33NO2. The van der Waals surface area contributed by atoms with E-state index >= 15 is 0 Å². The van der Waals surface area contributed by atoms with Crippen LogP contribution in [0.3, 0.4) is 0 Å². The summed E-state index contributed by atoms with van der Waals surface area (Å²) in [5, 5.41) is 3.51. The van der Waals surface area contributed by atoms with Crippen LogP contribution in [-0.4, -0.2) is 19.3 Å². The summed E-state index contributed by atoms with van der Waals surface area (Å²) in [6, 6.07) is 6.22. The van der Waals surface area contributed by atoms with Gasteiger partial charge in [0.15, 0.2) is 11.5 Å². The van der Waals surface area contributed by atoms with Gasteiger partial charge in [0.1, 0.15) is 0 Å². The van der Waals surface area contributed by atoms with Crippen molar-refractivity contribution in [3.05, 3.63) is 23.8 Å². The second kappa shape index (κ2) is 11.4. The van der Waals surface area contributed by atoms with E-state index < -0.39 is 0 Å². The second-order valence-electron chi connectivity index (χ2n) is 5.97. The third kappa shape index (κ3) is 7.69. The molecular weight excluding hydrogens is 274 g/mol. The number of benzene rings is 1. The fourth-order valence-electron chi connectivity index (χ4n) is 2.37. The average molecular weight is 307 g/mol. The lowest BCUT2D eigenvalue weighted by Gasteiger charge is -2.15. The van der Waals surface area contributed by atoms with E-state index in [0.717, 1.165) is 24.6 Å². The molecule has 0 heterocycles. The third-order valence-corrected chi connectivity index (χ3v) is 3.46. The van der Waals surface area contributed by atoms with Gasteiger partial charge >= 0.3 is 0 Å². The van der Waals surface area contributed by atoms with E-state index in [1.54, 1.807) is 0 Å². The molecule has 0 aromatic heterocycles. The smallest absolute Gasteiger partial charge is 0.161 e. The minimum absolute atomic E-state index is 0.159. The second-order valence-corrected chi connectivity index (χ2v) is 5.97. The van der Waals surface area contributed by atoms with Gasteiger partial charge in [-0.2, -0.15) is 0 Å². The SMILES string of the molecule is CCCCCCCNCc1ccc(OC(C)C)c(OCC)c1. The summed E-state index contributed by atoms with van der Waals surface area (Å²) >= 11 is 0. The maximum Gasteiger partial charge on any atom is 0.161 e. The van der Waals surface area contributed by atoms with E-state index in [4.69, 9.17) is 9.47 Å². The van der Waals surface area contributed by atoms with E-state index in [2.05, 4.69) is 24.4 Å². The van der Waals surface area contributed by atoms with Gasteiger partial charge in [-0.15, -0.1) is 0 Å². The molecule has 1 N–H and O–H groups in total. The number of hydrogen-bond acceptors (Lipinski definition) is 3. The van der Waals surface area contributed by atoms with Crippen LogP contribution >= 0.6 is 0 Å². The van der Waals surface area contributed by atoms with Crippen LogP contribution in [-0.2, 0) is 6.54 Å². The molecule has 0 spiro atoms. The van der Waals surface area contributed by atoms with Crippen molar-refractivity contribution in [1.29, 1.82) is 0 Å². The lowest BCUT2D eigenvalue weighted by atomic mass is 10.1. The van der Waals surface area contributed by atoms with Gasteiger partial charge in [0.05, 0.1) is 12.7 Å². The zero-order valence-electron chi connectivity index (χ0n) is 14.8. The normalized spacial score (nSPS) is 11.0. The number of hydrogen-bond donors (Lipinski definition) is 1. The highest BCUT2D eigenvalue weighted by molar-refractivity contribution is 5.43. The van der Waals surface area contributed by atoms with Gasteiger partial charge in [0.2, 0.25) is 0 Å². The topological polar surface area (TPSA) is 30.5 Å². The molecule has 0 bridgehead atoms. The minimum atomic E-state index is 0.159. The number of ether oxygens (including phenoxy) is 2. The molecule has 0 saturated heterocycles. The Morgan fingerprint density at radius 2 is 1.77 bits per heavy atom. The van der Waals surface area contributed by atoms with Gasteiger partial charge in [-0.05, 0) is 51.4 Å². The fraction of sp³-hybridized carbons (Fsp3) is 0.684. The van der Waals surface area contributed by atoms with Crippen molar-refractivity contribution < 1.29 is 9.47 Å². The molecule has 22 heavy (non-hydrogen) atoms. The van der Waals surface area contributed by atoms with Crippen LogP contribution in [0.5, 0.6) is 11.5 Å². The van der Waals surface area contributed by atoms with E-state index in [1.807, 2.05) is 26.8 Å². The summed E-state index contributed by atoms with van der Waals surface area (Å²) in [7, 11) is 0. The monoisotopic (exact) mass is 307 g/mol. The highest BCUT2D eigenvalue weighted by Gasteiger charge is 2.08. The molecule has 0 unspecified atom stereocenters. The van der Waals surface area contributed by atoms with Gasteiger partial charge in [-0.3, -0.25) is 0 Å². The van der Waals surface area contributed by atoms with Crippen LogP contribution in [0.2, 0.25) is 0 Å². The summed E-state index contributed by atoms with van der Waals surface area (Å²) in [5.74, 6) is 1.68. The summed E-state index contributed by atoms with van der Waals surface area (Å²) in [5.41, 5.74) is 1.24. The highest BCUT2D eigenvalue weighted by Crippen LogP contribution is 2.29. The summed E-state index contributed by atoms with van der Waals surface area (Å²) < 4.78 is 11.5. The van der Waals surface area contributed by atoms with Gasteiger partial charge in [0, 0.05) is 6.54 Å². The van der Waals surface area contributed by atoms with E-state index in [9.17, 15) is 0 Å². The van der Waals surface area contributed by atoms with Gasteiger partial charge < -0.3 is 14.8 Å². The Morgan fingerprint density at radius 3 is 2.45 bits per heavy atom. The molecule has 1 aromatic rings. The summed E-state index contributed by atoms with van der Waals surface area (Å²) in [4.78, 5) is 0. The van der Waals surface area contributed by atoms with Crippen LogP contribution in [0, 0.1) is 0 Å². The number of nitrogens with one attached hydrogen (secondary N) is 1. The average Bonchev–Trinajstić information content (AvgIpc) is 2.48. The Kier molecular flexibility index (Phi) is 9.72. The first kappa shape index (κ1) is 18.8. The summed E-state index contributed by atoms with van der Waals surface area (Å²) in [6.07, 6.45) is 6.76. The maximum absolute atomic E-state index is 5.79. The molecule has 0 amide bonds. The van der Waals surface area contributed by atoms with Gasteiger partial charge in [-0.25, -0.2) is 0 Å². The molecule has 0 saturated carbocycles. The molecule has 0 fully saturated rings. The molecule has 3 nitrogen and oxygen atoms in total. The van der Waals surface area contributed by atoms with Crippen molar-refractivity contribution >= 4 is 0 Å². The molecule has 0 aliphatic heterocycles. The third-order valence-electron chi connectivity index (χ3n) is 3.46. The Labute approximate surface area is 136 Å². The molecule has 1 rings (SSSR count). The van der Waals surface area contributed by atoms with Crippen molar-refractivity contribution in [3.63, 3.8) is 0 Å². The summed E-state index contributed by atoms with van der Waals surface area (Å²) in [6.45, 7) is 10.9. The van der Waals surface area contributed by atoms with Crippen molar-refractivity contribution in [3.8, 4) is 11.5 Å². The quantitative estimate of drug-likeness (QED) is 0.555. The molecule has 0 radical (unpaired) electrons. The zero-order valence-corrected chi connectivity index (χ0v) is 14.8. The lowest BCUT2D eigenvalue weighted by molar-refractivity contribution is 0.223. The first-order valence-corrected chi connectivity index (χ1v) is 8.80. The first-order chi connectivity index (χ1) is 10.7. The molecule has 1 aromatic carbocycles. The molecule has 126 valence electrons. The van der Waals surface area contributed by atoms with E-state index in [1.165, 1.54) is 37.7 Å². The molecule has 0 aliphatic rings. The van der Waals surface area contributed by atoms with Crippen LogP contribution in [0.1, 0.15) is 65.4 Å².